The van der Waals surface area contributed by atoms with Gasteiger partial charge in [-0.2, -0.15) is 5.10 Å². The molecule has 0 bridgehead atoms. The molecular weight excluding hydrogens is 318 g/mol. The number of rotatable bonds is 4. The van der Waals surface area contributed by atoms with E-state index >= 15 is 0 Å². The molecule has 7 nitrogen and oxygen atoms in total. The molecule has 1 atom stereocenters. The van der Waals surface area contributed by atoms with Crippen molar-refractivity contribution < 1.29 is 9.53 Å². The van der Waals surface area contributed by atoms with Gasteiger partial charge in [-0.25, -0.2) is 0 Å². The third-order valence-corrected chi connectivity index (χ3v) is 5.30. The molecule has 0 saturated carbocycles. The van der Waals surface area contributed by atoms with Crippen molar-refractivity contribution in [3.8, 4) is 0 Å². The lowest BCUT2D eigenvalue weighted by Crippen LogP contribution is -2.45. The second-order valence-corrected chi connectivity index (χ2v) is 7.53. The lowest BCUT2D eigenvalue weighted by Gasteiger charge is -2.34. The minimum absolute atomic E-state index is 0.0250. The fourth-order valence-electron chi connectivity index (χ4n) is 3.96. The zero-order valence-corrected chi connectivity index (χ0v) is 15.7. The fraction of sp³-hybridized carbons (Fsp3) is 0.778. The first kappa shape index (κ1) is 18.4. The SMILES string of the molecule is CN(C)C(=O)C1CN(Cc2cnn(C)c2)CCN(C2CCOCC2)C1. The summed E-state index contributed by atoms with van der Waals surface area (Å²) in [6.07, 6.45) is 6.13. The third-order valence-electron chi connectivity index (χ3n) is 5.30. The average molecular weight is 349 g/mol. The molecule has 1 unspecified atom stereocenters. The van der Waals surface area contributed by atoms with Crippen molar-refractivity contribution in [3.63, 3.8) is 0 Å². The highest BCUT2D eigenvalue weighted by molar-refractivity contribution is 5.78. The summed E-state index contributed by atoms with van der Waals surface area (Å²) in [5.74, 6) is 0.257. The van der Waals surface area contributed by atoms with Crippen LogP contribution in [0.4, 0.5) is 0 Å². The van der Waals surface area contributed by atoms with E-state index in [4.69, 9.17) is 4.74 Å². The van der Waals surface area contributed by atoms with Crippen LogP contribution in [0, 0.1) is 5.92 Å². The highest BCUT2D eigenvalue weighted by atomic mass is 16.5. The van der Waals surface area contributed by atoms with E-state index in [1.165, 1.54) is 5.56 Å². The Morgan fingerprint density at radius 2 is 2.04 bits per heavy atom. The molecule has 2 saturated heterocycles. The number of hydrogen-bond acceptors (Lipinski definition) is 5. The molecule has 25 heavy (non-hydrogen) atoms. The lowest BCUT2D eigenvalue weighted by atomic mass is 10.0. The highest BCUT2D eigenvalue weighted by Crippen LogP contribution is 2.21. The van der Waals surface area contributed by atoms with Crippen molar-refractivity contribution in [1.29, 1.82) is 0 Å². The number of aryl methyl sites for hydroxylation is 1. The molecule has 0 N–H and O–H groups in total. The Hall–Kier alpha value is -1.44. The number of carbonyl (C=O) groups excluding carboxylic acids is 1. The predicted molar refractivity (Wildman–Crippen MR) is 96.1 cm³/mol. The Morgan fingerprint density at radius 3 is 2.68 bits per heavy atom. The fourth-order valence-corrected chi connectivity index (χ4v) is 3.96. The van der Waals surface area contributed by atoms with Crippen LogP contribution >= 0.6 is 0 Å². The van der Waals surface area contributed by atoms with Crippen molar-refractivity contribution in [1.82, 2.24) is 24.5 Å². The number of carbonyl (C=O) groups is 1. The van der Waals surface area contributed by atoms with E-state index in [2.05, 4.69) is 21.1 Å². The minimum atomic E-state index is 0.0250. The molecular formula is C18H31N5O2. The first-order valence-corrected chi connectivity index (χ1v) is 9.26. The van der Waals surface area contributed by atoms with Gasteiger partial charge in [0.15, 0.2) is 0 Å². The standard InChI is InChI=1S/C18H31N5O2/c1-20(2)18(24)16-13-22(12-15-10-19-21(3)11-15)6-7-23(14-16)17-4-8-25-9-5-17/h10-11,16-17H,4-9,12-14H2,1-3H3. The number of hydrogen-bond donors (Lipinski definition) is 0. The van der Waals surface area contributed by atoms with Gasteiger partial charge in [-0.3, -0.25) is 19.3 Å². The molecule has 1 amide bonds. The van der Waals surface area contributed by atoms with Gasteiger partial charge in [-0.15, -0.1) is 0 Å². The Labute approximate surface area is 150 Å². The van der Waals surface area contributed by atoms with Crippen LogP contribution in [0.2, 0.25) is 0 Å². The molecule has 140 valence electrons. The van der Waals surface area contributed by atoms with E-state index in [9.17, 15) is 4.79 Å². The van der Waals surface area contributed by atoms with Crippen molar-refractivity contribution in [2.45, 2.75) is 25.4 Å². The molecule has 0 aliphatic carbocycles. The van der Waals surface area contributed by atoms with Gasteiger partial charge in [0.1, 0.15) is 0 Å². The molecule has 0 radical (unpaired) electrons. The van der Waals surface area contributed by atoms with Gasteiger partial charge in [0.25, 0.3) is 0 Å². The van der Waals surface area contributed by atoms with Crippen LogP contribution in [-0.4, -0.2) is 89.9 Å². The van der Waals surface area contributed by atoms with Gasteiger partial charge in [0.05, 0.1) is 12.1 Å². The molecule has 2 aliphatic rings. The molecule has 2 fully saturated rings. The predicted octanol–water partition coefficient (Wildman–Crippen LogP) is 0.421. The van der Waals surface area contributed by atoms with Crippen LogP contribution in [0.3, 0.4) is 0 Å². The highest BCUT2D eigenvalue weighted by Gasteiger charge is 2.32. The maximum atomic E-state index is 12.7. The number of ether oxygens (including phenoxy) is 1. The van der Waals surface area contributed by atoms with Crippen molar-refractivity contribution in [3.05, 3.63) is 18.0 Å². The average Bonchev–Trinajstić information content (AvgIpc) is 2.90. The van der Waals surface area contributed by atoms with Crippen LogP contribution in [0.25, 0.3) is 0 Å². The van der Waals surface area contributed by atoms with Crippen molar-refractivity contribution in [2.24, 2.45) is 13.0 Å². The summed E-state index contributed by atoms with van der Waals surface area (Å²) < 4.78 is 7.35. The summed E-state index contributed by atoms with van der Waals surface area (Å²) in [5.41, 5.74) is 1.21. The number of nitrogens with zero attached hydrogens (tertiary/aromatic N) is 5. The Balaban J connectivity index is 1.70. The van der Waals surface area contributed by atoms with E-state index in [0.717, 1.165) is 58.8 Å². The largest absolute Gasteiger partial charge is 0.381 e. The molecule has 3 rings (SSSR count). The first-order valence-electron chi connectivity index (χ1n) is 9.26. The second kappa shape index (κ2) is 8.29. The van der Waals surface area contributed by atoms with Crippen molar-refractivity contribution in [2.75, 3.05) is 53.5 Å². The van der Waals surface area contributed by atoms with E-state index < -0.39 is 0 Å². The Kier molecular flexibility index (Phi) is 6.09. The molecule has 0 aromatic carbocycles. The number of aromatic nitrogens is 2. The monoisotopic (exact) mass is 349 g/mol. The summed E-state index contributed by atoms with van der Waals surface area (Å²) in [4.78, 5) is 19.4. The van der Waals surface area contributed by atoms with Crippen LogP contribution < -0.4 is 0 Å². The molecule has 3 heterocycles. The summed E-state index contributed by atoms with van der Waals surface area (Å²) in [6, 6.07) is 0.546. The van der Waals surface area contributed by atoms with E-state index in [-0.39, 0.29) is 11.8 Å². The van der Waals surface area contributed by atoms with Gasteiger partial charge < -0.3 is 9.64 Å². The van der Waals surface area contributed by atoms with Gasteiger partial charge in [-0.1, -0.05) is 0 Å². The zero-order valence-electron chi connectivity index (χ0n) is 15.7. The van der Waals surface area contributed by atoms with Crippen LogP contribution in [0.5, 0.6) is 0 Å². The van der Waals surface area contributed by atoms with Gasteiger partial charge >= 0.3 is 0 Å². The summed E-state index contributed by atoms with van der Waals surface area (Å²) in [5, 5.41) is 4.27. The van der Waals surface area contributed by atoms with E-state index in [0.29, 0.717) is 6.04 Å². The normalized spacial score (nSPS) is 24.2. The molecule has 2 aliphatic heterocycles. The maximum absolute atomic E-state index is 12.7. The second-order valence-electron chi connectivity index (χ2n) is 7.53. The maximum Gasteiger partial charge on any atom is 0.227 e. The van der Waals surface area contributed by atoms with Gasteiger partial charge in [0, 0.05) is 84.9 Å². The van der Waals surface area contributed by atoms with E-state index in [1.807, 2.05) is 32.0 Å². The van der Waals surface area contributed by atoms with Crippen molar-refractivity contribution >= 4 is 5.91 Å². The molecule has 1 aromatic heterocycles. The van der Waals surface area contributed by atoms with Crippen LogP contribution in [0.1, 0.15) is 18.4 Å². The molecule has 7 heteroatoms. The zero-order chi connectivity index (χ0) is 17.8. The van der Waals surface area contributed by atoms with Gasteiger partial charge in [-0.05, 0) is 12.8 Å². The van der Waals surface area contributed by atoms with Crippen LogP contribution in [-0.2, 0) is 23.1 Å². The Morgan fingerprint density at radius 1 is 1.28 bits per heavy atom. The Bertz CT molecular complexity index is 568. The quantitative estimate of drug-likeness (QED) is 0.789. The summed E-state index contributed by atoms with van der Waals surface area (Å²) in [7, 11) is 5.66. The lowest BCUT2D eigenvalue weighted by molar-refractivity contribution is -0.134. The van der Waals surface area contributed by atoms with E-state index in [1.54, 1.807) is 4.90 Å². The summed E-state index contributed by atoms with van der Waals surface area (Å²) in [6.45, 7) is 6.20. The third kappa shape index (κ3) is 4.80. The topological polar surface area (TPSA) is 53.8 Å². The minimum Gasteiger partial charge on any atom is -0.381 e. The first-order chi connectivity index (χ1) is 12.0. The molecule has 0 spiro atoms. The summed E-state index contributed by atoms with van der Waals surface area (Å²) >= 11 is 0. The van der Waals surface area contributed by atoms with Crippen LogP contribution in [0.15, 0.2) is 12.4 Å². The van der Waals surface area contributed by atoms with Gasteiger partial charge in [0.2, 0.25) is 5.91 Å². The molecule has 1 aromatic rings. The number of amides is 1. The smallest absolute Gasteiger partial charge is 0.227 e.